The molecule has 4 aromatic rings. The summed E-state index contributed by atoms with van der Waals surface area (Å²) < 4.78 is 1.81. The fourth-order valence-corrected chi connectivity index (χ4v) is 3.99. The molecule has 3 aromatic heterocycles. The van der Waals surface area contributed by atoms with Gasteiger partial charge in [-0.2, -0.15) is 5.10 Å². The second-order valence-corrected chi connectivity index (χ2v) is 7.96. The normalized spacial score (nSPS) is 10.8. The number of nitrogens with one attached hydrogen (secondary N) is 1. The molecule has 0 spiro atoms. The number of nitrogens with zero attached hydrogens (tertiary/aromatic N) is 3. The minimum absolute atomic E-state index is 0.193. The first-order valence-corrected chi connectivity index (χ1v) is 9.78. The topological polar surface area (TPSA) is 59.8 Å². The summed E-state index contributed by atoms with van der Waals surface area (Å²) in [6, 6.07) is 14.0. The Bertz CT molecular complexity index is 1020. The number of amides is 1. The SMILES string of the molecule is Cc1cnc(NC(=O)c2cn(Cc3ccccc3)nc2-c2cccs2)s1. The van der Waals surface area contributed by atoms with E-state index in [1.165, 1.54) is 11.3 Å². The molecule has 0 aliphatic heterocycles. The lowest BCUT2D eigenvalue weighted by Crippen LogP contribution is -2.11. The lowest BCUT2D eigenvalue weighted by atomic mass is 10.2. The van der Waals surface area contributed by atoms with E-state index in [0.717, 1.165) is 15.3 Å². The maximum atomic E-state index is 12.8. The molecule has 0 unspecified atom stereocenters. The van der Waals surface area contributed by atoms with Crippen molar-refractivity contribution in [3.8, 4) is 10.6 Å². The molecule has 1 amide bonds. The molecular formula is C19H16N4OS2. The summed E-state index contributed by atoms with van der Waals surface area (Å²) in [5, 5.41) is 10.1. The van der Waals surface area contributed by atoms with Gasteiger partial charge in [-0.3, -0.25) is 14.8 Å². The molecule has 0 fully saturated rings. The predicted molar refractivity (Wildman–Crippen MR) is 106 cm³/mol. The van der Waals surface area contributed by atoms with Crippen LogP contribution in [0.2, 0.25) is 0 Å². The summed E-state index contributed by atoms with van der Waals surface area (Å²) in [6.45, 7) is 2.57. The lowest BCUT2D eigenvalue weighted by Gasteiger charge is -2.01. The first-order valence-electron chi connectivity index (χ1n) is 8.08. The van der Waals surface area contributed by atoms with Gasteiger partial charge >= 0.3 is 0 Å². The van der Waals surface area contributed by atoms with Crippen molar-refractivity contribution in [2.75, 3.05) is 5.32 Å². The molecule has 3 heterocycles. The molecule has 0 bridgehead atoms. The zero-order valence-corrected chi connectivity index (χ0v) is 15.7. The van der Waals surface area contributed by atoms with Crippen LogP contribution in [0.3, 0.4) is 0 Å². The molecule has 1 aromatic carbocycles. The molecule has 0 atom stereocenters. The van der Waals surface area contributed by atoms with Gasteiger partial charge in [0.05, 0.1) is 17.0 Å². The summed E-state index contributed by atoms with van der Waals surface area (Å²) in [6.07, 6.45) is 3.55. The van der Waals surface area contributed by atoms with Crippen LogP contribution >= 0.6 is 22.7 Å². The Kier molecular flexibility index (Phi) is 4.64. The fraction of sp³-hybridized carbons (Fsp3) is 0.105. The molecule has 0 saturated heterocycles. The van der Waals surface area contributed by atoms with Gasteiger partial charge in [0.15, 0.2) is 5.13 Å². The zero-order valence-electron chi connectivity index (χ0n) is 14.0. The van der Waals surface area contributed by atoms with Gasteiger partial charge in [0, 0.05) is 17.3 Å². The van der Waals surface area contributed by atoms with Crippen LogP contribution in [-0.2, 0) is 6.54 Å². The number of benzene rings is 1. The predicted octanol–water partition coefficient (Wildman–Crippen LogP) is 4.68. The van der Waals surface area contributed by atoms with Crippen molar-refractivity contribution in [3.05, 3.63) is 76.2 Å². The van der Waals surface area contributed by atoms with Gasteiger partial charge in [-0.1, -0.05) is 36.4 Å². The second kappa shape index (κ2) is 7.23. The number of anilines is 1. The third-order valence-electron chi connectivity index (χ3n) is 3.79. The van der Waals surface area contributed by atoms with E-state index in [4.69, 9.17) is 0 Å². The van der Waals surface area contributed by atoms with Crippen molar-refractivity contribution in [3.63, 3.8) is 0 Å². The first-order chi connectivity index (χ1) is 12.7. The minimum Gasteiger partial charge on any atom is -0.298 e. The smallest absolute Gasteiger partial charge is 0.261 e. The van der Waals surface area contributed by atoms with Crippen LogP contribution in [0.4, 0.5) is 5.13 Å². The molecule has 0 aliphatic rings. The van der Waals surface area contributed by atoms with Crippen molar-refractivity contribution in [2.24, 2.45) is 0 Å². The first kappa shape index (κ1) is 16.7. The molecule has 130 valence electrons. The number of thiazole rings is 1. The molecule has 26 heavy (non-hydrogen) atoms. The molecular weight excluding hydrogens is 364 g/mol. The molecule has 7 heteroatoms. The maximum Gasteiger partial charge on any atom is 0.261 e. The molecule has 4 rings (SSSR count). The van der Waals surface area contributed by atoms with E-state index in [-0.39, 0.29) is 5.91 Å². The quantitative estimate of drug-likeness (QED) is 0.547. The van der Waals surface area contributed by atoms with E-state index in [0.29, 0.717) is 22.9 Å². The van der Waals surface area contributed by atoms with Gasteiger partial charge < -0.3 is 0 Å². The Labute approximate surface area is 159 Å². The Balaban J connectivity index is 1.66. The highest BCUT2D eigenvalue weighted by Gasteiger charge is 2.19. The number of aromatic nitrogens is 3. The number of rotatable bonds is 5. The molecule has 5 nitrogen and oxygen atoms in total. The number of thiophene rings is 1. The molecule has 1 N–H and O–H groups in total. The summed E-state index contributed by atoms with van der Waals surface area (Å²) in [5.74, 6) is -0.193. The van der Waals surface area contributed by atoms with Crippen LogP contribution in [0.1, 0.15) is 20.8 Å². The van der Waals surface area contributed by atoms with Crippen molar-refractivity contribution < 1.29 is 4.79 Å². The highest BCUT2D eigenvalue weighted by molar-refractivity contribution is 7.15. The average Bonchev–Trinajstić information content (AvgIpc) is 3.36. The summed E-state index contributed by atoms with van der Waals surface area (Å²) in [5.41, 5.74) is 2.38. The monoisotopic (exact) mass is 380 g/mol. The molecule has 0 radical (unpaired) electrons. The van der Waals surface area contributed by atoms with Crippen molar-refractivity contribution in [1.29, 1.82) is 0 Å². The van der Waals surface area contributed by atoms with Crippen LogP contribution in [0.5, 0.6) is 0 Å². The van der Waals surface area contributed by atoms with Gasteiger partial charge in [-0.15, -0.1) is 22.7 Å². The van der Waals surface area contributed by atoms with E-state index in [1.807, 2.05) is 59.5 Å². The largest absolute Gasteiger partial charge is 0.298 e. The van der Waals surface area contributed by atoms with Crippen molar-refractivity contribution >= 4 is 33.7 Å². The number of aryl methyl sites for hydroxylation is 1. The highest BCUT2D eigenvalue weighted by atomic mass is 32.1. The van der Waals surface area contributed by atoms with Gasteiger partial charge in [0.2, 0.25) is 0 Å². The number of carbonyl (C=O) groups excluding carboxylic acids is 1. The minimum atomic E-state index is -0.193. The zero-order chi connectivity index (χ0) is 17.9. The van der Waals surface area contributed by atoms with Crippen molar-refractivity contribution in [2.45, 2.75) is 13.5 Å². The Morgan fingerprint density at radius 1 is 1.19 bits per heavy atom. The van der Waals surface area contributed by atoms with Gasteiger partial charge in [-0.05, 0) is 23.9 Å². The van der Waals surface area contributed by atoms with E-state index < -0.39 is 0 Å². The lowest BCUT2D eigenvalue weighted by molar-refractivity contribution is 0.102. The third kappa shape index (κ3) is 3.58. The van der Waals surface area contributed by atoms with Gasteiger partial charge in [-0.25, -0.2) is 4.98 Å². The molecule has 0 saturated carbocycles. The Hall–Kier alpha value is -2.77. The second-order valence-electron chi connectivity index (χ2n) is 5.78. The van der Waals surface area contributed by atoms with E-state index in [9.17, 15) is 4.79 Å². The van der Waals surface area contributed by atoms with E-state index >= 15 is 0 Å². The third-order valence-corrected chi connectivity index (χ3v) is 5.49. The summed E-state index contributed by atoms with van der Waals surface area (Å²) >= 11 is 3.02. The van der Waals surface area contributed by atoms with E-state index in [2.05, 4.69) is 15.4 Å². The highest BCUT2D eigenvalue weighted by Crippen LogP contribution is 2.28. The van der Waals surface area contributed by atoms with Crippen LogP contribution in [0.15, 0.2) is 60.2 Å². The van der Waals surface area contributed by atoms with Gasteiger partial charge in [0.25, 0.3) is 5.91 Å². The van der Waals surface area contributed by atoms with Crippen LogP contribution in [0.25, 0.3) is 10.6 Å². The number of hydrogen-bond acceptors (Lipinski definition) is 5. The van der Waals surface area contributed by atoms with Crippen LogP contribution < -0.4 is 5.32 Å². The van der Waals surface area contributed by atoms with Crippen LogP contribution in [0, 0.1) is 6.92 Å². The number of carbonyl (C=O) groups is 1. The Morgan fingerprint density at radius 3 is 2.73 bits per heavy atom. The summed E-state index contributed by atoms with van der Waals surface area (Å²) in [7, 11) is 0. The Morgan fingerprint density at radius 2 is 2.04 bits per heavy atom. The maximum absolute atomic E-state index is 12.8. The fourth-order valence-electron chi connectivity index (χ4n) is 2.61. The van der Waals surface area contributed by atoms with E-state index in [1.54, 1.807) is 23.7 Å². The molecule has 0 aliphatic carbocycles. The average molecular weight is 380 g/mol. The van der Waals surface area contributed by atoms with Gasteiger partial charge in [0.1, 0.15) is 5.69 Å². The van der Waals surface area contributed by atoms with Crippen molar-refractivity contribution in [1.82, 2.24) is 14.8 Å². The summed E-state index contributed by atoms with van der Waals surface area (Å²) in [4.78, 5) is 19.0. The standard InChI is InChI=1S/C19H16N4OS2/c1-13-10-20-19(26-13)21-18(24)15-12-23(11-14-6-3-2-4-7-14)22-17(15)16-8-5-9-25-16/h2-10,12H,11H2,1H3,(H,20,21,24). The van der Waals surface area contributed by atoms with Crippen LogP contribution in [-0.4, -0.2) is 20.7 Å². The number of hydrogen-bond donors (Lipinski definition) is 1.